The van der Waals surface area contributed by atoms with Crippen molar-refractivity contribution in [1.29, 1.82) is 0 Å². The van der Waals surface area contributed by atoms with E-state index in [1.807, 2.05) is 13.8 Å². The number of aromatic nitrogens is 2. The molecule has 1 heterocycles. The van der Waals surface area contributed by atoms with Crippen molar-refractivity contribution in [2.45, 2.75) is 19.9 Å². The van der Waals surface area contributed by atoms with Crippen molar-refractivity contribution in [3.63, 3.8) is 0 Å². The van der Waals surface area contributed by atoms with E-state index >= 15 is 0 Å². The Bertz CT molecular complexity index is 279. The molecule has 0 saturated carbocycles. The zero-order chi connectivity index (χ0) is 10.4. The molecule has 0 fully saturated rings. The Morgan fingerprint density at radius 2 is 2.43 bits per heavy atom. The first kappa shape index (κ1) is 10.7. The highest BCUT2D eigenvalue weighted by Crippen LogP contribution is 2.08. The van der Waals surface area contributed by atoms with Gasteiger partial charge in [-0.15, -0.1) is 0 Å². The van der Waals surface area contributed by atoms with Gasteiger partial charge in [-0.1, -0.05) is 0 Å². The lowest BCUT2D eigenvalue weighted by molar-refractivity contribution is 0.326. The summed E-state index contributed by atoms with van der Waals surface area (Å²) >= 11 is 0. The van der Waals surface area contributed by atoms with Gasteiger partial charge in [0.25, 0.3) is 0 Å². The molecule has 0 spiro atoms. The minimum absolute atomic E-state index is 0.159. The lowest BCUT2D eigenvalue weighted by Gasteiger charge is -2.11. The van der Waals surface area contributed by atoms with Crippen LogP contribution in [0.25, 0.3) is 0 Å². The van der Waals surface area contributed by atoms with Gasteiger partial charge in [0.05, 0.1) is 6.61 Å². The molecule has 1 aromatic heterocycles. The molecule has 1 rings (SSSR count). The summed E-state index contributed by atoms with van der Waals surface area (Å²) < 4.78 is 5.24. The summed E-state index contributed by atoms with van der Waals surface area (Å²) in [6.07, 6.45) is 1.66. The summed E-state index contributed by atoms with van der Waals surface area (Å²) in [4.78, 5) is 8.20. The molecule has 5 nitrogen and oxygen atoms in total. The molecule has 1 aromatic rings. The molecule has 0 aliphatic rings. The van der Waals surface area contributed by atoms with Gasteiger partial charge in [-0.2, -0.15) is 4.98 Å². The van der Waals surface area contributed by atoms with Gasteiger partial charge in [-0.05, 0) is 13.8 Å². The second-order valence-electron chi connectivity index (χ2n) is 2.93. The van der Waals surface area contributed by atoms with Crippen molar-refractivity contribution in [2.24, 2.45) is 5.73 Å². The van der Waals surface area contributed by atoms with E-state index < -0.39 is 0 Å². The zero-order valence-corrected chi connectivity index (χ0v) is 8.53. The zero-order valence-electron chi connectivity index (χ0n) is 8.53. The Hall–Kier alpha value is -1.36. The van der Waals surface area contributed by atoms with Gasteiger partial charge in [0.1, 0.15) is 0 Å². The maximum Gasteiger partial charge on any atom is 0.226 e. The monoisotopic (exact) mass is 196 g/mol. The van der Waals surface area contributed by atoms with Crippen molar-refractivity contribution in [1.82, 2.24) is 9.97 Å². The number of anilines is 1. The minimum Gasteiger partial charge on any atom is -0.478 e. The Morgan fingerprint density at radius 3 is 3.07 bits per heavy atom. The molecule has 78 valence electrons. The van der Waals surface area contributed by atoms with Crippen LogP contribution in [0.2, 0.25) is 0 Å². The number of ether oxygens (including phenoxy) is 1. The third-order valence-corrected chi connectivity index (χ3v) is 1.65. The maximum absolute atomic E-state index is 5.47. The molecule has 14 heavy (non-hydrogen) atoms. The number of nitrogens with one attached hydrogen (secondary N) is 1. The van der Waals surface area contributed by atoms with Crippen LogP contribution in [0.3, 0.4) is 0 Å². The van der Waals surface area contributed by atoms with Crippen molar-refractivity contribution in [2.75, 3.05) is 18.5 Å². The molecule has 0 saturated heterocycles. The quantitative estimate of drug-likeness (QED) is 0.722. The van der Waals surface area contributed by atoms with Gasteiger partial charge in [-0.25, -0.2) is 4.98 Å². The lowest BCUT2D eigenvalue weighted by Crippen LogP contribution is -2.26. The summed E-state index contributed by atoms with van der Waals surface area (Å²) in [7, 11) is 0. The second kappa shape index (κ2) is 5.39. The van der Waals surface area contributed by atoms with Crippen LogP contribution in [0.5, 0.6) is 5.88 Å². The summed E-state index contributed by atoms with van der Waals surface area (Å²) in [6.45, 7) is 5.03. The molecule has 0 aromatic carbocycles. The SMILES string of the molecule is CCOc1ccnc(NC(C)CN)n1. The molecule has 0 aliphatic carbocycles. The average molecular weight is 196 g/mol. The third-order valence-electron chi connectivity index (χ3n) is 1.65. The smallest absolute Gasteiger partial charge is 0.226 e. The van der Waals surface area contributed by atoms with Gasteiger partial charge in [0, 0.05) is 24.8 Å². The van der Waals surface area contributed by atoms with Gasteiger partial charge in [-0.3, -0.25) is 0 Å². The van der Waals surface area contributed by atoms with Gasteiger partial charge >= 0.3 is 0 Å². The fourth-order valence-electron chi connectivity index (χ4n) is 0.919. The van der Waals surface area contributed by atoms with Crippen molar-refractivity contribution >= 4 is 5.95 Å². The highest BCUT2D eigenvalue weighted by molar-refractivity contribution is 5.28. The fourth-order valence-corrected chi connectivity index (χ4v) is 0.919. The molecular weight excluding hydrogens is 180 g/mol. The maximum atomic E-state index is 5.47. The normalized spacial score (nSPS) is 12.2. The predicted molar refractivity (Wildman–Crippen MR) is 55.3 cm³/mol. The van der Waals surface area contributed by atoms with E-state index in [-0.39, 0.29) is 6.04 Å². The molecule has 3 N–H and O–H groups in total. The summed E-state index contributed by atoms with van der Waals surface area (Å²) in [6, 6.07) is 1.88. The van der Waals surface area contributed by atoms with E-state index in [0.717, 1.165) is 0 Å². The van der Waals surface area contributed by atoms with Crippen LogP contribution in [-0.2, 0) is 0 Å². The first-order valence-corrected chi connectivity index (χ1v) is 4.68. The predicted octanol–water partition coefficient (Wildman–Crippen LogP) is 0.634. The number of nitrogens with two attached hydrogens (primary N) is 1. The van der Waals surface area contributed by atoms with Crippen LogP contribution in [0.15, 0.2) is 12.3 Å². The second-order valence-corrected chi connectivity index (χ2v) is 2.93. The number of hydrogen-bond acceptors (Lipinski definition) is 5. The standard InChI is InChI=1S/C9H16N4O/c1-3-14-8-4-5-11-9(13-8)12-7(2)6-10/h4-5,7H,3,6,10H2,1-2H3,(H,11,12,13). The number of nitrogens with zero attached hydrogens (tertiary/aromatic N) is 2. The number of hydrogen-bond donors (Lipinski definition) is 2. The van der Waals surface area contributed by atoms with Crippen LogP contribution in [-0.4, -0.2) is 29.2 Å². The van der Waals surface area contributed by atoms with Crippen LogP contribution in [0, 0.1) is 0 Å². The van der Waals surface area contributed by atoms with Crippen molar-refractivity contribution in [3.05, 3.63) is 12.3 Å². The topological polar surface area (TPSA) is 73.1 Å². The highest BCUT2D eigenvalue weighted by Gasteiger charge is 2.02. The van der Waals surface area contributed by atoms with E-state index in [1.54, 1.807) is 12.3 Å². The fraction of sp³-hybridized carbons (Fsp3) is 0.556. The lowest BCUT2D eigenvalue weighted by atomic mass is 10.3. The number of rotatable bonds is 5. The van der Waals surface area contributed by atoms with Gasteiger partial charge < -0.3 is 15.8 Å². The van der Waals surface area contributed by atoms with Crippen LogP contribution >= 0.6 is 0 Å². The van der Waals surface area contributed by atoms with Crippen LogP contribution in [0.4, 0.5) is 5.95 Å². The van der Waals surface area contributed by atoms with Gasteiger partial charge in [0.2, 0.25) is 11.8 Å². The molecule has 0 radical (unpaired) electrons. The minimum atomic E-state index is 0.159. The Balaban J connectivity index is 2.63. The third kappa shape index (κ3) is 3.18. The van der Waals surface area contributed by atoms with Crippen molar-refractivity contribution < 1.29 is 4.74 Å². The van der Waals surface area contributed by atoms with E-state index in [0.29, 0.717) is 25.0 Å². The molecule has 1 unspecified atom stereocenters. The molecule has 0 amide bonds. The molecule has 0 aliphatic heterocycles. The Kier molecular flexibility index (Phi) is 4.12. The summed E-state index contributed by atoms with van der Waals surface area (Å²) in [5.41, 5.74) is 5.47. The van der Waals surface area contributed by atoms with E-state index in [4.69, 9.17) is 10.5 Å². The molecule has 1 atom stereocenters. The highest BCUT2D eigenvalue weighted by atomic mass is 16.5. The van der Waals surface area contributed by atoms with Crippen LogP contribution < -0.4 is 15.8 Å². The summed E-state index contributed by atoms with van der Waals surface area (Å²) in [5.74, 6) is 1.13. The first-order valence-electron chi connectivity index (χ1n) is 4.68. The average Bonchev–Trinajstić information content (AvgIpc) is 2.19. The Labute approximate surface area is 83.7 Å². The first-order chi connectivity index (χ1) is 6.76. The summed E-state index contributed by atoms with van der Waals surface area (Å²) in [5, 5.41) is 3.06. The largest absolute Gasteiger partial charge is 0.478 e. The van der Waals surface area contributed by atoms with Gasteiger partial charge in [0.15, 0.2) is 0 Å². The van der Waals surface area contributed by atoms with Crippen LogP contribution in [0.1, 0.15) is 13.8 Å². The molecule has 5 heteroatoms. The Morgan fingerprint density at radius 1 is 1.64 bits per heavy atom. The van der Waals surface area contributed by atoms with Crippen molar-refractivity contribution in [3.8, 4) is 5.88 Å². The molecular formula is C9H16N4O. The van der Waals surface area contributed by atoms with E-state index in [1.165, 1.54) is 0 Å². The van der Waals surface area contributed by atoms with E-state index in [9.17, 15) is 0 Å². The van der Waals surface area contributed by atoms with E-state index in [2.05, 4.69) is 15.3 Å². The molecule has 0 bridgehead atoms.